The predicted molar refractivity (Wildman–Crippen MR) is 67.4 cm³/mol. The molecule has 1 amide bonds. The minimum absolute atomic E-state index is 0.202. The number of amides is 1. The number of benzene rings is 1. The summed E-state index contributed by atoms with van der Waals surface area (Å²) in [5.41, 5.74) is 0. The summed E-state index contributed by atoms with van der Waals surface area (Å²) in [6, 6.07) is 7.30. The first kappa shape index (κ1) is 12.3. The maximum absolute atomic E-state index is 11.9. The number of nitrogens with one attached hydrogen (secondary N) is 1. The first-order valence-corrected chi connectivity index (χ1v) is 5.86. The summed E-state index contributed by atoms with van der Waals surface area (Å²) in [5, 5.41) is 2.73. The van der Waals surface area contributed by atoms with Crippen molar-refractivity contribution in [1.29, 1.82) is 0 Å². The van der Waals surface area contributed by atoms with E-state index in [1.54, 1.807) is 13.0 Å². The van der Waals surface area contributed by atoms with E-state index in [1.807, 2.05) is 18.2 Å². The molecular formula is C14H15NO3. The summed E-state index contributed by atoms with van der Waals surface area (Å²) in [6.45, 7) is 2.25. The second kappa shape index (κ2) is 5.46. The van der Waals surface area contributed by atoms with Crippen molar-refractivity contribution in [3.8, 4) is 23.8 Å². The van der Waals surface area contributed by atoms with E-state index in [-0.39, 0.29) is 12.0 Å². The van der Waals surface area contributed by atoms with Crippen LogP contribution in [0.25, 0.3) is 0 Å². The van der Waals surface area contributed by atoms with Gasteiger partial charge in [-0.2, -0.15) is 0 Å². The average Bonchev–Trinajstić information content (AvgIpc) is 2.38. The van der Waals surface area contributed by atoms with E-state index in [9.17, 15) is 4.79 Å². The molecule has 1 heterocycles. The molecule has 0 radical (unpaired) electrons. The lowest BCUT2D eigenvalue weighted by Crippen LogP contribution is -2.49. The van der Waals surface area contributed by atoms with Crippen LogP contribution in [0.2, 0.25) is 0 Å². The van der Waals surface area contributed by atoms with Gasteiger partial charge < -0.3 is 14.8 Å². The summed E-state index contributed by atoms with van der Waals surface area (Å²) in [7, 11) is 0. The van der Waals surface area contributed by atoms with E-state index in [2.05, 4.69) is 11.2 Å². The molecule has 1 aromatic rings. The van der Waals surface area contributed by atoms with Crippen molar-refractivity contribution in [3.63, 3.8) is 0 Å². The van der Waals surface area contributed by atoms with Crippen LogP contribution in [0.1, 0.15) is 13.3 Å². The second-order valence-corrected chi connectivity index (χ2v) is 4.05. The third-order valence-corrected chi connectivity index (χ3v) is 2.67. The highest BCUT2D eigenvalue weighted by Gasteiger charge is 2.33. The Hall–Kier alpha value is -2.15. The smallest absolute Gasteiger partial charge is 0.265 e. The molecule has 4 nitrogen and oxygen atoms in total. The molecule has 1 aliphatic heterocycles. The number of fused-ring (bicyclic) bond motifs is 1. The molecule has 2 atom stereocenters. The summed E-state index contributed by atoms with van der Waals surface area (Å²) < 4.78 is 11.3. The van der Waals surface area contributed by atoms with Crippen LogP contribution in [0.3, 0.4) is 0 Å². The van der Waals surface area contributed by atoms with Crippen LogP contribution >= 0.6 is 0 Å². The molecule has 0 aromatic heterocycles. The van der Waals surface area contributed by atoms with Gasteiger partial charge in [-0.25, -0.2) is 0 Å². The molecular weight excluding hydrogens is 230 g/mol. The normalized spacial score (nSPS) is 20.9. The zero-order valence-corrected chi connectivity index (χ0v) is 10.2. The van der Waals surface area contributed by atoms with Crippen LogP contribution in [0.15, 0.2) is 24.3 Å². The van der Waals surface area contributed by atoms with E-state index in [0.29, 0.717) is 24.5 Å². The van der Waals surface area contributed by atoms with Crippen LogP contribution in [-0.2, 0) is 4.79 Å². The van der Waals surface area contributed by atoms with Gasteiger partial charge >= 0.3 is 0 Å². The molecule has 0 aliphatic carbocycles. The molecule has 0 saturated heterocycles. The van der Waals surface area contributed by atoms with Gasteiger partial charge in [-0.3, -0.25) is 4.79 Å². The van der Waals surface area contributed by atoms with Crippen molar-refractivity contribution in [2.75, 3.05) is 6.54 Å². The molecule has 1 N–H and O–H groups in total. The van der Waals surface area contributed by atoms with Gasteiger partial charge in [0.15, 0.2) is 11.5 Å². The summed E-state index contributed by atoms with van der Waals surface area (Å²) >= 11 is 0. The van der Waals surface area contributed by atoms with Gasteiger partial charge in [-0.05, 0) is 19.1 Å². The standard InChI is InChI=1S/C14H15NO3/c1-3-4-9-15-14(16)13-10(2)17-11-7-5-6-8-12(11)18-13/h1,5-8,10,13H,4,9H2,2H3,(H,15,16). The molecule has 0 bridgehead atoms. The van der Waals surface area contributed by atoms with E-state index in [1.165, 1.54) is 0 Å². The summed E-state index contributed by atoms with van der Waals surface area (Å²) in [6.07, 6.45) is 4.66. The van der Waals surface area contributed by atoms with Crippen molar-refractivity contribution < 1.29 is 14.3 Å². The largest absolute Gasteiger partial charge is 0.482 e. The summed E-state index contributed by atoms with van der Waals surface area (Å²) in [4.78, 5) is 11.9. The van der Waals surface area contributed by atoms with E-state index >= 15 is 0 Å². The van der Waals surface area contributed by atoms with Gasteiger partial charge in [-0.15, -0.1) is 12.3 Å². The topological polar surface area (TPSA) is 47.6 Å². The molecule has 2 rings (SSSR count). The van der Waals surface area contributed by atoms with Crippen LogP contribution in [0, 0.1) is 12.3 Å². The minimum Gasteiger partial charge on any atom is -0.482 e. The number of terminal acetylenes is 1. The van der Waals surface area contributed by atoms with E-state index in [0.717, 1.165) is 0 Å². The number of ether oxygens (including phenoxy) is 2. The second-order valence-electron chi connectivity index (χ2n) is 4.05. The van der Waals surface area contributed by atoms with Crippen molar-refractivity contribution in [2.24, 2.45) is 0 Å². The zero-order valence-electron chi connectivity index (χ0n) is 10.2. The molecule has 1 aromatic carbocycles. The average molecular weight is 245 g/mol. The van der Waals surface area contributed by atoms with Crippen LogP contribution in [0.4, 0.5) is 0 Å². The quantitative estimate of drug-likeness (QED) is 0.646. The molecule has 18 heavy (non-hydrogen) atoms. The Kier molecular flexibility index (Phi) is 3.73. The van der Waals surface area contributed by atoms with Gasteiger partial charge in [0, 0.05) is 13.0 Å². The van der Waals surface area contributed by atoms with Crippen molar-refractivity contribution in [3.05, 3.63) is 24.3 Å². The molecule has 2 unspecified atom stereocenters. The molecule has 4 heteroatoms. The summed E-state index contributed by atoms with van der Waals surface area (Å²) in [5.74, 6) is 3.52. The van der Waals surface area contributed by atoms with Crippen LogP contribution < -0.4 is 14.8 Å². The lowest BCUT2D eigenvalue weighted by Gasteiger charge is -2.30. The van der Waals surface area contributed by atoms with Gasteiger partial charge in [0.1, 0.15) is 6.10 Å². The number of hydrogen-bond donors (Lipinski definition) is 1. The fraction of sp³-hybridized carbons (Fsp3) is 0.357. The van der Waals surface area contributed by atoms with Crippen molar-refractivity contribution in [1.82, 2.24) is 5.32 Å². The highest BCUT2D eigenvalue weighted by Crippen LogP contribution is 2.33. The lowest BCUT2D eigenvalue weighted by molar-refractivity contribution is -0.133. The van der Waals surface area contributed by atoms with Crippen molar-refractivity contribution >= 4 is 5.91 Å². The SMILES string of the molecule is C#CCCNC(=O)C1Oc2ccccc2OC1C. The maximum atomic E-state index is 11.9. The van der Waals surface area contributed by atoms with E-state index in [4.69, 9.17) is 15.9 Å². The fourth-order valence-electron chi connectivity index (χ4n) is 1.76. The lowest BCUT2D eigenvalue weighted by atomic mass is 10.1. The number of carbonyl (C=O) groups excluding carboxylic acids is 1. The maximum Gasteiger partial charge on any atom is 0.265 e. The van der Waals surface area contributed by atoms with Gasteiger partial charge in [0.25, 0.3) is 5.91 Å². The highest BCUT2D eigenvalue weighted by atomic mass is 16.6. The molecule has 94 valence electrons. The van der Waals surface area contributed by atoms with Gasteiger partial charge in [0.05, 0.1) is 0 Å². The first-order valence-electron chi connectivity index (χ1n) is 5.86. The number of rotatable bonds is 3. The first-order chi connectivity index (χ1) is 8.72. The number of para-hydroxylation sites is 2. The molecule has 1 aliphatic rings. The molecule has 0 fully saturated rings. The Labute approximate surface area is 106 Å². The van der Waals surface area contributed by atoms with Crippen molar-refractivity contribution in [2.45, 2.75) is 25.6 Å². The predicted octanol–water partition coefficient (Wildman–Crippen LogP) is 1.35. The minimum atomic E-state index is -0.641. The Morgan fingerprint density at radius 1 is 1.39 bits per heavy atom. The zero-order chi connectivity index (χ0) is 13.0. The highest BCUT2D eigenvalue weighted by molar-refractivity contribution is 5.82. The van der Waals surface area contributed by atoms with Crippen LogP contribution in [0.5, 0.6) is 11.5 Å². The Morgan fingerprint density at radius 2 is 2.06 bits per heavy atom. The Morgan fingerprint density at radius 3 is 2.72 bits per heavy atom. The van der Waals surface area contributed by atoms with Crippen LogP contribution in [-0.4, -0.2) is 24.7 Å². The monoisotopic (exact) mass is 245 g/mol. The number of hydrogen-bond acceptors (Lipinski definition) is 3. The van der Waals surface area contributed by atoms with Gasteiger partial charge in [0.2, 0.25) is 6.10 Å². The third-order valence-electron chi connectivity index (χ3n) is 2.67. The number of carbonyl (C=O) groups is 1. The Balaban J connectivity index is 2.03. The van der Waals surface area contributed by atoms with E-state index < -0.39 is 6.10 Å². The molecule has 0 spiro atoms. The van der Waals surface area contributed by atoms with Gasteiger partial charge in [-0.1, -0.05) is 12.1 Å². The third kappa shape index (κ3) is 2.57. The molecule has 0 saturated carbocycles. The Bertz CT molecular complexity index is 478. The fourth-order valence-corrected chi connectivity index (χ4v) is 1.76.